The Balaban J connectivity index is 2.19. The molecule has 18 heavy (non-hydrogen) atoms. The van der Waals surface area contributed by atoms with Crippen molar-refractivity contribution in [2.45, 2.75) is 46.1 Å². The molecule has 106 valence electrons. The summed E-state index contributed by atoms with van der Waals surface area (Å²) in [4.78, 5) is 14.1. The normalized spacial score (nSPS) is 19.6. The maximum atomic E-state index is 11.9. The fourth-order valence-corrected chi connectivity index (χ4v) is 2.24. The van der Waals surface area contributed by atoms with Crippen molar-refractivity contribution < 1.29 is 4.79 Å². The second-order valence-corrected chi connectivity index (χ2v) is 5.82. The summed E-state index contributed by atoms with van der Waals surface area (Å²) in [5.41, 5.74) is 0. The van der Waals surface area contributed by atoms with Crippen LogP contribution < -0.4 is 10.6 Å². The van der Waals surface area contributed by atoms with E-state index in [1.54, 1.807) is 0 Å². The van der Waals surface area contributed by atoms with Crippen LogP contribution in [0.25, 0.3) is 0 Å². The van der Waals surface area contributed by atoms with Gasteiger partial charge in [0.2, 0.25) is 5.91 Å². The van der Waals surface area contributed by atoms with Crippen molar-refractivity contribution in [1.29, 1.82) is 0 Å². The second-order valence-electron chi connectivity index (χ2n) is 5.82. The Labute approximate surface area is 111 Å². The monoisotopic (exact) mass is 255 g/mol. The maximum absolute atomic E-state index is 11.9. The zero-order chi connectivity index (χ0) is 13.4. The van der Waals surface area contributed by atoms with Gasteiger partial charge in [0, 0.05) is 19.1 Å². The predicted octanol–water partition coefficient (Wildman–Crippen LogP) is 1.22. The average Bonchev–Trinajstić information content (AvgIpc) is 2.54. The van der Waals surface area contributed by atoms with E-state index in [0.717, 1.165) is 39.0 Å². The summed E-state index contributed by atoms with van der Waals surface area (Å²) in [5, 5.41) is 6.45. The van der Waals surface area contributed by atoms with Crippen LogP contribution in [-0.2, 0) is 4.79 Å². The summed E-state index contributed by atoms with van der Waals surface area (Å²) in [7, 11) is 0. The highest BCUT2D eigenvalue weighted by molar-refractivity contribution is 5.78. The molecule has 1 unspecified atom stereocenters. The number of rotatable bonds is 6. The highest BCUT2D eigenvalue weighted by atomic mass is 16.2. The van der Waals surface area contributed by atoms with Gasteiger partial charge in [-0.2, -0.15) is 0 Å². The van der Waals surface area contributed by atoms with Crippen LogP contribution in [0.5, 0.6) is 0 Å². The quantitative estimate of drug-likeness (QED) is 0.750. The molecule has 1 aliphatic rings. The van der Waals surface area contributed by atoms with Crippen LogP contribution >= 0.6 is 0 Å². The van der Waals surface area contributed by atoms with Crippen molar-refractivity contribution >= 4 is 5.91 Å². The van der Waals surface area contributed by atoms with Crippen LogP contribution in [0.4, 0.5) is 0 Å². The zero-order valence-corrected chi connectivity index (χ0v) is 12.2. The average molecular weight is 255 g/mol. The molecule has 1 saturated heterocycles. The van der Waals surface area contributed by atoms with Gasteiger partial charge in [0.05, 0.1) is 6.54 Å². The molecule has 1 amide bonds. The Morgan fingerprint density at radius 3 is 2.72 bits per heavy atom. The standard InChI is InChI=1S/C14H29N3O/c1-12(2)5-6-13(3)16-14(18)11-17-9-4-7-15-8-10-17/h12-13,15H,4-11H2,1-3H3,(H,16,18). The molecule has 1 rings (SSSR count). The van der Waals surface area contributed by atoms with Crippen LogP contribution in [0.2, 0.25) is 0 Å². The lowest BCUT2D eigenvalue weighted by atomic mass is 10.0. The highest BCUT2D eigenvalue weighted by Gasteiger charge is 2.14. The van der Waals surface area contributed by atoms with Crippen LogP contribution in [-0.4, -0.2) is 49.6 Å². The predicted molar refractivity (Wildman–Crippen MR) is 75.6 cm³/mol. The van der Waals surface area contributed by atoms with E-state index in [-0.39, 0.29) is 5.91 Å². The summed E-state index contributed by atoms with van der Waals surface area (Å²) in [6, 6.07) is 0.296. The fourth-order valence-electron chi connectivity index (χ4n) is 2.24. The first-order valence-electron chi connectivity index (χ1n) is 7.30. The molecular formula is C14H29N3O. The van der Waals surface area contributed by atoms with E-state index in [1.165, 1.54) is 6.42 Å². The molecule has 0 bridgehead atoms. The summed E-state index contributed by atoms with van der Waals surface area (Å²) >= 11 is 0. The third-order valence-corrected chi connectivity index (χ3v) is 3.38. The fraction of sp³-hybridized carbons (Fsp3) is 0.929. The van der Waals surface area contributed by atoms with Gasteiger partial charge < -0.3 is 10.6 Å². The largest absolute Gasteiger partial charge is 0.353 e. The number of carbonyl (C=O) groups is 1. The van der Waals surface area contributed by atoms with Crippen LogP contribution in [0, 0.1) is 5.92 Å². The number of nitrogens with zero attached hydrogens (tertiary/aromatic N) is 1. The van der Waals surface area contributed by atoms with Crippen LogP contribution in [0.3, 0.4) is 0 Å². The van der Waals surface area contributed by atoms with Gasteiger partial charge in [0.1, 0.15) is 0 Å². The van der Waals surface area contributed by atoms with E-state index in [2.05, 4.69) is 36.3 Å². The molecule has 0 saturated carbocycles. The van der Waals surface area contributed by atoms with Gasteiger partial charge in [-0.3, -0.25) is 9.69 Å². The van der Waals surface area contributed by atoms with Crippen molar-refractivity contribution in [3.05, 3.63) is 0 Å². The number of hydrogen-bond donors (Lipinski definition) is 2. The van der Waals surface area contributed by atoms with E-state index in [9.17, 15) is 4.79 Å². The number of amides is 1. The Morgan fingerprint density at radius 1 is 1.22 bits per heavy atom. The van der Waals surface area contributed by atoms with Crippen LogP contribution in [0.1, 0.15) is 40.0 Å². The minimum absolute atomic E-state index is 0.174. The Morgan fingerprint density at radius 2 is 2.00 bits per heavy atom. The third-order valence-electron chi connectivity index (χ3n) is 3.38. The SMILES string of the molecule is CC(C)CCC(C)NC(=O)CN1CCCNCC1. The second kappa shape index (κ2) is 8.48. The third kappa shape index (κ3) is 6.97. The molecule has 0 aromatic rings. The molecule has 0 aromatic heterocycles. The smallest absolute Gasteiger partial charge is 0.234 e. The molecule has 0 aromatic carbocycles. The van der Waals surface area contributed by atoms with E-state index in [4.69, 9.17) is 0 Å². The van der Waals surface area contributed by atoms with E-state index in [0.29, 0.717) is 18.5 Å². The minimum atomic E-state index is 0.174. The molecule has 0 spiro atoms. The maximum Gasteiger partial charge on any atom is 0.234 e. The first-order valence-corrected chi connectivity index (χ1v) is 7.30. The zero-order valence-electron chi connectivity index (χ0n) is 12.2. The number of carbonyl (C=O) groups excluding carboxylic acids is 1. The lowest BCUT2D eigenvalue weighted by molar-refractivity contribution is -0.122. The minimum Gasteiger partial charge on any atom is -0.353 e. The Hall–Kier alpha value is -0.610. The molecule has 2 N–H and O–H groups in total. The Kier molecular flexibility index (Phi) is 7.28. The topological polar surface area (TPSA) is 44.4 Å². The molecule has 0 aliphatic carbocycles. The van der Waals surface area contributed by atoms with Gasteiger partial charge in [-0.25, -0.2) is 0 Å². The number of nitrogens with one attached hydrogen (secondary N) is 2. The summed E-state index contributed by atoms with van der Waals surface area (Å²) in [5.74, 6) is 0.884. The Bertz CT molecular complexity index is 235. The first-order chi connectivity index (χ1) is 8.58. The van der Waals surface area contributed by atoms with Gasteiger partial charge in [-0.15, -0.1) is 0 Å². The molecule has 1 aliphatic heterocycles. The molecular weight excluding hydrogens is 226 g/mol. The van der Waals surface area contributed by atoms with Crippen LogP contribution in [0.15, 0.2) is 0 Å². The molecule has 1 heterocycles. The lowest BCUT2D eigenvalue weighted by Gasteiger charge is -2.21. The number of hydrogen-bond acceptors (Lipinski definition) is 3. The van der Waals surface area contributed by atoms with E-state index in [1.807, 2.05) is 0 Å². The van der Waals surface area contributed by atoms with Gasteiger partial charge in [-0.05, 0) is 45.2 Å². The first kappa shape index (κ1) is 15.4. The van der Waals surface area contributed by atoms with Crippen molar-refractivity contribution in [3.8, 4) is 0 Å². The van der Waals surface area contributed by atoms with Gasteiger partial charge >= 0.3 is 0 Å². The van der Waals surface area contributed by atoms with Gasteiger partial charge in [0.15, 0.2) is 0 Å². The van der Waals surface area contributed by atoms with Crippen molar-refractivity contribution in [2.24, 2.45) is 5.92 Å². The van der Waals surface area contributed by atoms with Gasteiger partial charge in [0.25, 0.3) is 0 Å². The summed E-state index contributed by atoms with van der Waals surface area (Å²) in [6.45, 7) is 11.2. The van der Waals surface area contributed by atoms with E-state index >= 15 is 0 Å². The summed E-state index contributed by atoms with van der Waals surface area (Å²) in [6.07, 6.45) is 3.39. The summed E-state index contributed by atoms with van der Waals surface area (Å²) < 4.78 is 0. The molecule has 0 radical (unpaired) electrons. The van der Waals surface area contributed by atoms with Crippen molar-refractivity contribution in [2.75, 3.05) is 32.7 Å². The van der Waals surface area contributed by atoms with Crippen molar-refractivity contribution in [3.63, 3.8) is 0 Å². The molecule has 4 nitrogen and oxygen atoms in total. The van der Waals surface area contributed by atoms with Gasteiger partial charge in [-0.1, -0.05) is 13.8 Å². The van der Waals surface area contributed by atoms with Crippen molar-refractivity contribution in [1.82, 2.24) is 15.5 Å². The highest BCUT2D eigenvalue weighted by Crippen LogP contribution is 2.06. The lowest BCUT2D eigenvalue weighted by Crippen LogP contribution is -2.42. The molecule has 1 fully saturated rings. The molecule has 1 atom stereocenters. The molecule has 4 heteroatoms. The van der Waals surface area contributed by atoms with E-state index < -0.39 is 0 Å².